The van der Waals surface area contributed by atoms with Gasteiger partial charge in [-0.05, 0) is 130 Å². The van der Waals surface area contributed by atoms with Crippen molar-refractivity contribution in [3.8, 4) is 11.1 Å². The lowest BCUT2D eigenvalue weighted by atomic mass is 9.78. The number of hydrogen-bond acceptors (Lipinski definition) is 6. The fourth-order valence-corrected chi connectivity index (χ4v) is 10.6. The molecule has 1 aliphatic heterocycles. The van der Waals surface area contributed by atoms with Gasteiger partial charge >= 0.3 is 7.12 Å². The fourth-order valence-electron chi connectivity index (χ4n) is 6.21. The van der Waals surface area contributed by atoms with E-state index < -0.39 is 0 Å². The van der Waals surface area contributed by atoms with E-state index in [9.17, 15) is 0 Å². The van der Waals surface area contributed by atoms with Crippen molar-refractivity contribution in [2.75, 3.05) is 11.5 Å². The van der Waals surface area contributed by atoms with Crippen molar-refractivity contribution >= 4 is 141 Å². The van der Waals surface area contributed by atoms with Crippen molar-refractivity contribution in [3.05, 3.63) is 134 Å². The quantitative estimate of drug-likeness (QED) is 0.103. The van der Waals surface area contributed by atoms with E-state index in [0.29, 0.717) is 5.69 Å². The van der Waals surface area contributed by atoms with E-state index in [1.54, 1.807) is 0 Å². The van der Waals surface area contributed by atoms with Gasteiger partial charge in [-0.3, -0.25) is 0 Å². The van der Waals surface area contributed by atoms with Gasteiger partial charge in [0.05, 0.1) is 20.6 Å². The summed E-state index contributed by atoms with van der Waals surface area (Å²) >= 11 is 13.4. The average Bonchev–Trinajstić information content (AvgIpc) is 3.78. The van der Waals surface area contributed by atoms with Gasteiger partial charge in [-0.1, -0.05) is 78.9 Å². The molecule has 0 amide bonds. The predicted molar refractivity (Wildman–Crippen MR) is 243 cm³/mol. The van der Waals surface area contributed by atoms with Crippen molar-refractivity contribution in [2.24, 2.45) is 0 Å². The minimum atomic E-state index is -0.369. The number of thiophene rings is 2. The van der Waals surface area contributed by atoms with E-state index in [1.165, 1.54) is 54.0 Å². The average molecular weight is 962 g/mol. The number of anilines is 2. The molecule has 3 heterocycles. The van der Waals surface area contributed by atoms with Crippen molar-refractivity contribution in [2.45, 2.75) is 38.9 Å². The number of fused-ring (bicyclic) bond motifs is 6. The molecule has 10 heteroatoms. The van der Waals surface area contributed by atoms with Crippen molar-refractivity contribution < 1.29 is 9.31 Å². The summed E-state index contributed by atoms with van der Waals surface area (Å²) in [5.41, 5.74) is 16.2. The summed E-state index contributed by atoms with van der Waals surface area (Å²) in [7, 11) is -0.369. The molecule has 2 aromatic heterocycles. The van der Waals surface area contributed by atoms with E-state index in [0.717, 1.165) is 21.2 Å². The van der Waals surface area contributed by atoms with Crippen LogP contribution in [0.15, 0.2) is 130 Å². The maximum absolute atomic E-state index is 6.19. The van der Waals surface area contributed by atoms with Gasteiger partial charge < -0.3 is 20.8 Å². The summed E-state index contributed by atoms with van der Waals surface area (Å²) in [5.74, 6) is 0. The highest BCUT2D eigenvalue weighted by Crippen LogP contribution is 2.44. The topological polar surface area (TPSA) is 70.5 Å². The lowest BCUT2D eigenvalue weighted by Gasteiger charge is -2.32. The van der Waals surface area contributed by atoms with Gasteiger partial charge in [0.1, 0.15) is 0 Å². The zero-order valence-corrected chi connectivity index (χ0v) is 36.0. The van der Waals surface area contributed by atoms with Crippen LogP contribution in [-0.4, -0.2) is 18.3 Å². The first-order chi connectivity index (χ1) is 24.9. The summed E-state index contributed by atoms with van der Waals surface area (Å²) in [6.45, 7) is 8.14. The molecule has 8 aromatic rings. The molecule has 1 saturated heterocycles. The molecule has 4 N–H and O–H groups in total. The Kier molecular flexibility index (Phi) is 10.8. The minimum Gasteiger partial charge on any atom is -0.399 e. The minimum absolute atomic E-state index is 0.319. The predicted octanol–water partition coefficient (Wildman–Crippen LogP) is 13.1. The molecule has 4 nitrogen and oxygen atoms in total. The second kappa shape index (κ2) is 15.0. The van der Waals surface area contributed by atoms with Gasteiger partial charge in [-0.2, -0.15) is 0 Å². The molecule has 0 radical (unpaired) electrons. The van der Waals surface area contributed by atoms with Gasteiger partial charge in [0.15, 0.2) is 0 Å². The molecular weight excluding hydrogens is 926 g/mol. The first-order valence-corrected chi connectivity index (χ1v) is 21.1. The van der Waals surface area contributed by atoms with Gasteiger partial charge in [-0.25, -0.2) is 0 Å². The van der Waals surface area contributed by atoms with Crippen LogP contribution < -0.4 is 16.9 Å². The van der Waals surface area contributed by atoms with Gasteiger partial charge in [-0.15, -0.1) is 22.7 Å². The number of rotatable bonds is 2. The van der Waals surface area contributed by atoms with Crippen LogP contribution >= 0.6 is 77.1 Å². The van der Waals surface area contributed by atoms with Gasteiger partial charge in [0.2, 0.25) is 0 Å². The number of nitrogen functional groups attached to an aromatic ring is 2. The van der Waals surface area contributed by atoms with Gasteiger partial charge in [0, 0.05) is 65.9 Å². The standard InChI is InChI=1S/C18H12BrNS.C12H18BNO2.C12H6BrIS/c19-14-10-9-12(11-5-1-3-7-15(11)20)17-13-6-2-4-8-16(13)21-18(14)17;1-11(2)12(3,4)16-13(15-11)9-7-5-6-8-10(9)14;13-8-5-6-9(14)11-7-3-1-2-4-10(7)15-12(8)11/h1-10H,20H2;5-8H,14H2,1-4H3;1-6H. The second-order valence-corrected chi connectivity index (χ2v) is 18.5. The van der Waals surface area contributed by atoms with Crippen LogP contribution in [0.5, 0.6) is 0 Å². The Balaban J connectivity index is 0.000000124. The van der Waals surface area contributed by atoms with Gasteiger partial charge in [0.25, 0.3) is 0 Å². The van der Waals surface area contributed by atoms with Crippen LogP contribution in [0.4, 0.5) is 11.4 Å². The van der Waals surface area contributed by atoms with Crippen molar-refractivity contribution in [1.29, 1.82) is 0 Å². The third kappa shape index (κ3) is 7.15. The van der Waals surface area contributed by atoms with Crippen LogP contribution in [0, 0.1) is 3.57 Å². The molecule has 262 valence electrons. The molecule has 52 heavy (non-hydrogen) atoms. The molecule has 1 fully saturated rings. The number of halogens is 3. The third-order valence-electron chi connectivity index (χ3n) is 9.66. The number of benzene rings is 6. The summed E-state index contributed by atoms with van der Waals surface area (Å²) in [4.78, 5) is 0. The number of para-hydroxylation sites is 2. The summed E-state index contributed by atoms with van der Waals surface area (Å²) in [6.07, 6.45) is 0. The van der Waals surface area contributed by atoms with E-state index >= 15 is 0 Å². The maximum Gasteiger partial charge on any atom is 0.496 e. The normalized spacial score (nSPS) is 14.7. The first-order valence-electron chi connectivity index (χ1n) is 16.8. The monoisotopic (exact) mass is 960 g/mol. The Bertz CT molecular complexity index is 2570. The lowest BCUT2D eigenvalue weighted by molar-refractivity contribution is 0.00578. The molecule has 0 saturated carbocycles. The van der Waals surface area contributed by atoms with Crippen molar-refractivity contribution in [1.82, 2.24) is 0 Å². The maximum atomic E-state index is 6.19. The molecule has 0 spiro atoms. The van der Waals surface area contributed by atoms with E-state index in [1.807, 2.05) is 92.8 Å². The fraction of sp³-hybridized carbons (Fsp3) is 0.143. The van der Waals surface area contributed by atoms with Crippen LogP contribution in [0.25, 0.3) is 51.5 Å². The lowest BCUT2D eigenvalue weighted by Crippen LogP contribution is -2.41. The Morgan fingerprint density at radius 3 is 1.63 bits per heavy atom. The molecule has 0 atom stereocenters. The number of hydrogen-bond donors (Lipinski definition) is 2. The van der Waals surface area contributed by atoms with Crippen LogP contribution in [-0.2, 0) is 9.31 Å². The first kappa shape index (κ1) is 37.4. The Labute approximate surface area is 343 Å². The zero-order valence-electron chi connectivity index (χ0n) is 29.0. The summed E-state index contributed by atoms with van der Waals surface area (Å²) < 4.78 is 20.8. The highest BCUT2D eigenvalue weighted by molar-refractivity contribution is 14.1. The van der Waals surface area contributed by atoms with Crippen LogP contribution in [0.2, 0.25) is 0 Å². The van der Waals surface area contributed by atoms with Crippen LogP contribution in [0.3, 0.4) is 0 Å². The molecule has 0 bridgehead atoms. The smallest absolute Gasteiger partial charge is 0.399 e. The zero-order chi connectivity index (χ0) is 36.8. The molecule has 1 aliphatic rings. The Morgan fingerprint density at radius 1 is 0.558 bits per heavy atom. The second-order valence-electron chi connectivity index (χ2n) is 13.5. The molecular formula is C42H36BBr2IN2O2S2. The molecule has 9 rings (SSSR count). The van der Waals surface area contributed by atoms with Crippen LogP contribution in [0.1, 0.15) is 27.7 Å². The Hall–Kier alpha value is -2.97. The molecule has 0 unspecified atom stereocenters. The largest absolute Gasteiger partial charge is 0.496 e. The summed E-state index contributed by atoms with van der Waals surface area (Å²) in [6, 6.07) is 41.4. The molecule has 0 aliphatic carbocycles. The van der Waals surface area contributed by atoms with E-state index in [-0.39, 0.29) is 18.3 Å². The third-order valence-corrected chi connectivity index (χ3v) is 14.8. The number of nitrogens with two attached hydrogens (primary N) is 2. The van der Waals surface area contributed by atoms with Crippen molar-refractivity contribution in [3.63, 3.8) is 0 Å². The van der Waals surface area contributed by atoms with E-state index in [4.69, 9.17) is 20.8 Å². The highest BCUT2D eigenvalue weighted by Gasteiger charge is 2.52. The summed E-state index contributed by atoms with van der Waals surface area (Å²) in [5, 5.41) is 5.31. The molecule has 6 aromatic carbocycles. The Morgan fingerprint density at radius 2 is 1.04 bits per heavy atom. The van der Waals surface area contributed by atoms with E-state index in [2.05, 4.69) is 133 Å². The SMILES string of the molecule is Brc1ccc(I)c2c1sc1ccccc12.CC1(C)OB(c2ccccc2N)OC1(C)C.Nc1ccccc1-c1ccc(Br)c2sc3ccccc3c12. The highest BCUT2D eigenvalue weighted by atomic mass is 127.